The predicted molar refractivity (Wildman–Crippen MR) is 137 cm³/mol. The Labute approximate surface area is 203 Å². The molecule has 1 heterocycles. The van der Waals surface area contributed by atoms with Gasteiger partial charge in [0.1, 0.15) is 14.1 Å². The van der Waals surface area contributed by atoms with Gasteiger partial charge in [0.25, 0.3) is 0 Å². The fraction of sp³-hybridized carbons (Fsp3) is 0.0800. The molecule has 1 aliphatic heterocycles. The maximum absolute atomic E-state index is 10.7. The zero-order valence-electron chi connectivity index (χ0n) is 18.8. The van der Waals surface area contributed by atoms with Crippen LogP contribution in [0.1, 0.15) is 11.1 Å². The van der Waals surface area contributed by atoms with Crippen molar-refractivity contribution in [3.63, 3.8) is 0 Å². The maximum atomic E-state index is 9.87. The second-order valence-electron chi connectivity index (χ2n) is 7.96. The van der Waals surface area contributed by atoms with Gasteiger partial charge in [-0.15, -0.1) is 0 Å². The first-order valence-corrected chi connectivity index (χ1v) is 13.1. The Bertz CT molecular complexity index is 1270. The summed E-state index contributed by atoms with van der Waals surface area (Å²) in [5.74, 6) is 0. The number of benzene rings is 2. The minimum atomic E-state index is -10.7. The van der Waals surface area contributed by atoms with Crippen molar-refractivity contribution in [1.82, 2.24) is 0 Å². The summed E-state index contributed by atoms with van der Waals surface area (Å²) in [5, 5.41) is 0. The third-order valence-corrected chi connectivity index (χ3v) is 5.91. The third-order valence-electron chi connectivity index (χ3n) is 4.76. The van der Waals surface area contributed by atoms with Gasteiger partial charge in [-0.1, -0.05) is 54.2 Å². The van der Waals surface area contributed by atoms with Crippen molar-refractivity contribution < 1.29 is 29.8 Å². The summed E-state index contributed by atoms with van der Waals surface area (Å²) in [6, 6.07) is 18.7. The number of halogens is 6. The van der Waals surface area contributed by atoms with E-state index in [0.29, 0.717) is 0 Å². The molecule has 35 heavy (non-hydrogen) atoms. The van der Waals surface area contributed by atoms with Gasteiger partial charge in [0.05, 0.1) is 0 Å². The van der Waals surface area contributed by atoms with Gasteiger partial charge in [0.15, 0.2) is 5.71 Å². The van der Waals surface area contributed by atoms with Crippen molar-refractivity contribution in [2.75, 3.05) is 19.8 Å². The topological polar surface area (TPSA) is 29.0 Å². The first-order chi connectivity index (χ1) is 16.0. The van der Waals surface area contributed by atoms with E-state index in [1.165, 1.54) is 37.8 Å². The van der Waals surface area contributed by atoms with Gasteiger partial charge >= 0.3 is 33.0 Å². The van der Waals surface area contributed by atoms with Crippen LogP contribution in [0.4, 0.5) is 30.9 Å². The zero-order chi connectivity index (χ0) is 25.9. The molecule has 1 aliphatic carbocycles. The van der Waals surface area contributed by atoms with E-state index in [2.05, 4.69) is 97.6 Å². The number of thioether (sulfide) groups is 1. The summed E-state index contributed by atoms with van der Waals surface area (Å²) in [7, 11) is -6.53. The SMILES string of the molecule is C[N+](C)=C1C=CC(=C2C=C(c3ccccc3)SC(c3ccc(N)cc3)=C2)C=C1.F[P-](F)(F)(F)(F)F. The number of nitrogen functional groups attached to an aromatic ring is 1. The van der Waals surface area contributed by atoms with Gasteiger partial charge in [-0.2, -0.15) is 0 Å². The number of nitrogens with zero attached hydrogens (tertiary/aromatic N) is 1. The average molecular weight is 529 g/mol. The molecular weight excluding hydrogens is 505 g/mol. The fourth-order valence-corrected chi connectivity index (χ4v) is 4.27. The Morgan fingerprint density at radius 3 is 1.57 bits per heavy atom. The van der Waals surface area contributed by atoms with Crippen LogP contribution in [0.15, 0.2) is 102 Å². The van der Waals surface area contributed by atoms with Crippen molar-refractivity contribution in [1.29, 1.82) is 0 Å². The molecule has 0 aromatic heterocycles. The van der Waals surface area contributed by atoms with E-state index in [-0.39, 0.29) is 0 Å². The van der Waals surface area contributed by atoms with E-state index in [4.69, 9.17) is 5.73 Å². The molecule has 0 bridgehead atoms. The van der Waals surface area contributed by atoms with Crippen molar-refractivity contribution in [2.45, 2.75) is 0 Å². The van der Waals surface area contributed by atoms with E-state index >= 15 is 0 Å². The van der Waals surface area contributed by atoms with Gasteiger partial charge in [-0.25, -0.2) is 4.58 Å². The molecule has 2 aromatic carbocycles. The Hall–Kier alpha value is -3.03. The number of hydrogen-bond acceptors (Lipinski definition) is 2. The van der Waals surface area contributed by atoms with E-state index < -0.39 is 7.81 Å². The van der Waals surface area contributed by atoms with Crippen molar-refractivity contribution in [3.05, 3.63) is 113 Å². The van der Waals surface area contributed by atoms with Crippen LogP contribution < -0.4 is 5.73 Å². The number of allylic oxidation sites excluding steroid dienone is 8. The quantitative estimate of drug-likeness (QED) is 0.183. The van der Waals surface area contributed by atoms with E-state index in [1.807, 2.05) is 12.1 Å². The number of hydrogen-bond donors (Lipinski definition) is 1. The fourth-order valence-electron chi connectivity index (χ4n) is 3.15. The number of anilines is 1. The molecule has 4 rings (SSSR count). The molecule has 0 atom stereocenters. The van der Waals surface area contributed by atoms with Crippen molar-refractivity contribution in [2.24, 2.45) is 0 Å². The summed E-state index contributed by atoms with van der Waals surface area (Å²) in [6.07, 6.45) is 13.3. The molecule has 2 N–H and O–H groups in total. The van der Waals surface area contributed by atoms with Gasteiger partial charge < -0.3 is 5.73 Å². The normalized spacial score (nSPS) is 17.5. The summed E-state index contributed by atoms with van der Waals surface area (Å²) >= 11 is 1.80. The molecule has 0 amide bonds. The minimum absolute atomic E-state index is 0.785. The molecule has 0 unspecified atom stereocenters. The Morgan fingerprint density at radius 1 is 0.657 bits per heavy atom. The monoisotopic (exact) mass is 528 g/mol. The third kappa shape index (κ3) is 9.26. The standard InChI is InChI=1S/C25H22N2S.F6P/c1-27(2)23-14-10-18(11-15-23)21-16-24(19-6-4-3-5-7-19)28-25(17-21)20-8-12-22(26)13-9-20;1-7(2,3,4,5)6/h3-17,26H,1-2H3;/q;-1/p+1. The van der Waals surface area contributed by atoms with Crippen LogP contribution >= 0.6 is 19.6 Å². The summed E-state index contributed by atoms with van der Waals surface area (Å²) < 4.78 is 61.3. The molecule has 0 spiro atoms. The van der Waals surface area contributed by atoms with E-state index in [1.54, 1.807) is 11.8 Å². The Morgan fingerprint density at radius 2 is 1.11 bits per heavy atom. The van der Waals surface area contributed by atoms with Crippen LogP contribution in [-0.4, -0.2) is 24.4 Å². The number of nitrogens with two attached hydrogens (primary N) is 1. The van der Waals surface area contributed by atoms with Crippen LogP contribution in [0.25, 0.3) is 9.81 Å². The molecule has 2 aliphatic rings. The molecule has 2 aromatic rings. The summed E-state index contributed by atoms with van der Waals surface area (Å²) in [5.41, 5.74) is 12.7. The molecular formula is C25H23F6N2PS. The van der Waals surface area contributed by atoms with Gasteiger partial charge in [0, 0.05) is 27.6 Å². The van der Waals surface area contributed by atoms with Crippen LogP contribution in [-0.2, 0) is 0 Å². The van der Waals surface area contributed by atoms with Crippen molar-refractivity contribution >= 4 is 40.8 Å². The zero-order valence-corrected chi connectivity index (χ0v) is 20.5. The first-order valence-electron chi connectivity index (χ1n) is 10.3. The summed E-state index contributed by atoms with van der Waals surface area (Å²) in [6.45, 7) is 0. The first kappa shape index (κ1) is 26.6. The molecule has 10 heteroatoms. The second kappa shape index (κ2) is 9.21. The van der Waals surface area contributed by atoms with Crippen LogP contribution in [0.2, 0.25) is 0 Å². The Kier molecular flexibility index (Phi) is 6.99. The molecule has 0 fully saturated rings. The van der Waals surface area contributed by atoms with Crippen LogP contribution in [0, 0.1) is 0 Å². The van der Waals surface area contributed by atoms with Gasteiger partial charge in [0.2, 0.25) is 0 Å². The van der Waals surface area contributed by atoms with Crippen LogP contribution in [0.3, 0.4) is 0 Å². The second-order valence-corrected chi connectivity index (χ2v) is 11.0. The van der Waals surface area contributed by atoms with Crippen molar-refractivity contribution in [3.8, 4) is 0 Å². The molecule has 2 nitrogen and oxygen atoms in total. The van der Waals surface area contributed by atoms with E-state index in [9.17, 15) is 25.2 Å². The summed E-state index contributed by atoms with van der Waals surface area (Å²) in [4.78, 5) is 2.48. The van der Waals surface area contributed by atoms with Gasteiger partial charge in [-0.3, -0.25) is 0 Å². The molecule has 186 valence electrons. The van der Waals surface area contributed by atoms with Crippen LogP contribution in [0.5, 0.6) is 0 Å². The van der Waals surface area contributed by atoms with Gasteiger partial charge in [-0.05, 0) is 58.7 Å². The molecule has 0 saturated carbocycles. The average Bonchev–Trinajstić information content (AvgIpc) is 2.78. The molecule has 0 radical (unpaired) electrons. The Balaban J connectivity index is 0.000000429. The van der Waals surface area contributed by atoms with E-state index in [0.717, 1.165) is 5.69 Å². The predicted octanol–water partition coefficient (Wildman–Crippen LogP) is 8.92. The molecule has 0 saturated heterocycles. The number of rotatable bonds is 2.